The summed E-state index contributed by atoms with van der Waals surface area (Å²) in [6.45, 7) is 0. The highest BCUT2D eigenvalue weighted by Gasteiger charge is 2.00. The van der Waals surface area contributed by atoms with E-state index >= 15 is 0 Å². The molecular formula is C4H8NO5P. The molecule has 11 heavy (non-hydrogen) atoms. The Kier molecular flexibility index (Phi) is 4.56. The lowest BCUT2D eigenvalue weighted by atomic mass is 10.6. The number of nitrogens with one attached hydrogen (secondary N) is 1. The van der Waals surface area contributed by atoms with Crippen LogP contribution < -0.4 is 5.48 Å². The molecule has 0 aromatic heterocycles. The molecule has 0 atom stereocenters. The summed E-state index contributed by atoms with van der Waals surface area (Å²) in [7, 11) is -4.64. The molecule has 0 radical (unpaired) electrons. The number of phosphoric acid groups is 1. The Morgan fingerprint density at radius 3 is 1.91 bits per heavy atom. The van der Waals surface area contributed by atoms with Crippen molar-refractivity contribution in [3.63, 3.8) is 0 Å². The highest BCUT2D eigenvalue weighted by Crippen LogP contribution is 2.25. The van der Waals surface area contributed by atoms with Crippen molar-refractivity contribution in [3.05, 3.63) is 24.6 Å². The quantitative estimate of drug-likeness (QED) is 0.380. The third-order valence-electron chi connectivity index (χ3n) is 0.490. The fourth-order valence-electron chi connectivity index (χ4n) is 0.258. The molecule has 6 nitrogen and oxygen atoms in total. The second-order valence-electron chi connectivity index (χ2n) is 1.44. The minimum atomic E-state index is -4.64. The van der Waals surface area contributed by atoms with Crippen LogP contribution in [-0.4, -0.2) is 14.7 Å². The third-order valence-corrected chi connectivity index (χ3v) is 0.490. The molecule has 0 aromatic rings. The van der Waals surface area contributed by atoms with Gasteiger partial charge in [-0.1, -0.05) is 0 Å². The van der Waals surface area contributed by atoms with E-state index in [4.69, 9.17) is 19.2 Å². The van der Waals surface area contributed by atoms with E-state index in [0.717, 1.165) is 0 Å². The maximum Gasteiger partial charge on any atom is 0.466 e. The molecule has 7 heteroatoms. The molecule has 4 N–H and O–H groups in total. The average molecular weight is 181 g/mol. The van der Waals surface area contributed by atoms with Gasteiger partial charge in [-0.15, -0.1) is 0 Å². The summed E-state index contributed by atoms with van der Waals surface area (Å²) in [6.07, 6.45) is 6.93. The summed E-state index contributed by atoms with van der Waals surface area (Å²) < 4.78 is 8.88. The smallest absolute Gasteiger partial charge is 0.391 e. The SMILES string of the molecule is C1=CNOC=C1.O=P(O)(O)O. The van der Waals surface area contributed by atoms with Gasteiger partial charge in [-0.25, -0.2) is 10.0 Å². The predicted octanol–water partition coefficient (Wildman–Crippen LogP) is -0.380. The lowest BCUT2D eigenvalue weighted by molar-refractivity contribution is 0.172. The van der Waals surface area contributed by atoms with Crippen LogP contribution in [-0.2, 0) is 9.40 Å². The standard InChI is InChI=1S/C4H5NO.H3O4P/c1-2-4-6-5-3-1;1-5(2,3)4/h1-5H;(H3,1,2,3,4). The molecule has 1 aliphatic rings. The molecule has 0 bridgehead atoms. The van der Waals surface area contributed by atoms with Crippen molar-refractivity contribution < 1.29 is 24.1 Å². The van der Waals surface area contributed by atoms with Gasteiger partial charge in [0.25, 0.3) is 0 Å². The molecular weight excluding hydrogens is 173 g/mol. The molecule has 0 aliphatic carbocycles. The Morgan fingerprint density at radius 1 is 1.27 bits per heavy atom. The second-order valence-corrected chi connectivity index (χ2v) is 2.46. The first kappa shape index (κ1) is 10.2. The first-order chi connectivity index (χ1) is 5.00. The van der Waals surface area contributed by atoms with Crippen LogP contribution in [0.1, 0.15) is 0 Å². The van der Waals surface area contributed by atoms with Gasteiger partial charge in [-0.2, -0.15) is 0 Å². The Hall–Kier alpha value is -0.810. The molecule has 1 heterocycles. The largest absolute Gasteiger partial charge is 0.466 e. The molecule has 64 valence electrons. The lowest BCUT2D eigenvalue weighted by Gasteiger charge is -1.97. The van der Waals surface area contributed by atoms with Gasteiger partial charge in [-0.3, -0.25) is 0 Å². The zero-order chi connectivity index (χ0) is 8.74. The molecule has 0 unspecified atom stereocenters. The molecule has 1 aliphatic heterocycles. The van der Waals surface area contributed by atoms with Gasteiger partial charge in [0.15, 0.2) is 0 Å². The minimum absolute atomic E-state index is 1.57. The number of rotatable bonds is 0. The van der Waals surface area contributed by atoms with E-state index in [0.29, 0.717) is 0 Å². The normalized spacial score (nSPS) is 14.1. The van der Waals surface area contributed by atoms with E-state index < -0.39 is 7.82 Å². The Bertz CT molecular complexity index is 174. The summed E-state index contributed by atoms with van der Waals surface area (Å²) in [5, 5.41) is 0. The van der Waals surface area contributed by atoms with E-state index in [1.165, 1.54) is 0 Å². The highest BCUT2D eigenvalue weighted by atomic mass is 31.2. The molecule has 1 rings (SSSR count). The fraction of sp³-hybridized carbons (Fsp3) is 0. The summed E-state index contributed by atoms with van der Waals surface area (Å²) in [4.78, 5) is 26.1. The predicted molar refractivity (Wildman–Crippen MR) is 36.8 cm³/mol. The maximum atomic E-state index is 8.88. The average Bonchev–Trinajstić information content (AvgIpc) is 1.88. The number of hydrogen-bond acceptors (Lipinski definition) is 3. The van der Waals surface area contributed by atoms with Gasteiger partial charge >= 0.3 is 7.82 Å². The van der Waals surface area contributed by atoms with Crippen molar-refractivity contribution in [1.82, 2.24) is 5.48 Å². The topological polar surface area (TPSA) is 99.0 Å². The maximum absolute atomic E-state index is 8.88. The first-order valence-electron chi connectivity index (χ1n) is 2.51. The first-order valence-corrected chi connectivity index (χ1v) is 4.08. The Morgan fingerprint density at radius 2 is 1.82 bits per heavy atom. The van der Waals surface area contributed by atoms with Gasteiger partial charge < -0.3 is 19.5 Å². The van der Waals surface area contributed by atoms with Crippen molar-refractivity contribution in [2.75, 3.05) is 0 Å². The monoisotopic (exact) mass is 181 g/mol. The lowest BCUT2D eigenvalue weighted by Crippen LogP contribution is -2.01. The van der Waals surface area contributed by atoms with Crippen molar-refractivity contribution in [1.29, 1.82) is 0 Å². The van der Waals surface area contributed by atoms with Crippen LogP contribution >= 0.6 is 7.82 Å². The van der Waals surface area contributed by atoms with E-state index in [-0.39, 0.29) is 0 Å². The van der Waals surface area contributed by atoms with Crippen LogP contribution in [0, 0.1) is 0 Å². The summed E-state index contributed by atoms with van der Waals surface area (Å²) in [5.41, 5.74) is 2.52. The van der Waals surface area contributed by atoms with Crippen molar-refractivity contribution in [2.45, 2.75) is 0 Å². The summed E-state index contributed by atoms with van der Waals surface area (Å²) >= 11 is 0. The molecule has 0 fully saturated rings. The summed E-state index contributed by atoms with van der Waals surface area (Å²) in [5.74, 6) is 0. The van der Waals surface area contributed by atoms with Crippen LogP contribution in [0.2, 0.25) is 0 Å². The van der Waals surface area contributed by atoms with E-state index in [2.05, 4.69) is 10.3 Å². The number of hydrogen-bond donors (Lipinski definition) is 4. The van der Waals surface area contributed by atoms with Gasteiger partial charge in [0.2, 0.25) is 0 Å². The van der Waals surface area contributed by atoms with Crippen molar-refractivity contribution >= 4 is 7.82 Å². The van der Waals surface area contributed by atoms with Crippen molar-refractivity contribution in [3.8, 4) is 0 Å². The van der Waals surface area contributed by atoms with Crippen LogP contribution in [0.25, 0.3) is 0 Å². The van der Waals surface area contributed by atoms with Gasteiger partial charge in [0.05, 0.1) is 0 Å². The zero-order valence-electron chi connectivity index (χ0n) is 5.41. The molecule has 0 saturated carbocycles. The van der Waals surface area contributed by atoms with E-state index in [1.807, 2.05) is 6.08 Å². The molecule has 0 aromatic carbocycles. The van der Waals surface area contributed by atoms with Crippen LogP contribution in [0.4, 0.5) is 0 Å². The molecule has 0 spiro atoms. The third kappa shape index (κ3) is 17.6. The highest BCUT2D eigenvalue weighted by molar-refractivity contribution is 7.45. The van der Waals surface area contributed by atoms with Gasteiger partial charge in [0.1, 0.15) is 6.26 Å². The van der Waals surface area contributed by atoms with E-state index in [1.54, 1.807) is 18.5 Å². The molecule has 0 saturated heterocycles. The van der Waals surface area contributed by atoms with Crippen LogP contribution in [0.5, 0.6) is 0 Å². The number of allylic oxidation sites excluding steroid dienone is 2. The fourth-order valence-corrected chi connectivity index (χ4v) is 0.258. The van der Waals surface area contributed by atoms with Gasteiger partial charge in [-0.05, 0) is 12.2 Å². The van der Waals surface area contributed by atoms with E-state index in [9.17, 15) is 0 Å². The summed E-state index contributed by atoms with van der Waals surface area (Å²) in [6, 6.07) is 0. The minimum Gasteiger partial charge on any atom is -0.391 e. The van der Waals surface area contributed by atoms with Gasteiger partial charge in [0, 0.05) is 6.20 Å². The second kappa shape index (κ2) is 4.92. The zero-order valence-corrected chi connectivity index (χ0v) is 6.31. The molecule has 0 amide bonds. The van der Waals surface area contributed by atoms with Crippen LogP contribution in [0.15, 0.2) is 24.6 Å². The number of hydroxylamine groups is 1. The van der Waals surface area contributed by atoms with Crippen molar-refractivity contribution in [2.24, 2.45) is 0 Å². The van der Waals surface area contributed by atoms with Crippen LogP contribution in [0.3, 0.4) is 0 Å². The Balaban J connectivity index is 0.000000187. The Labute approximate surface area is 63.0 Å².